The van der Waals surface area contributed by atoms with Crippen LogP contribution in [0.4, 0.5) is 5.95 Å². The minimum absolute atomic E-state index is 0.0301. The average molecular weight is 538 g/mol. The van der Waals surface area contributed by atoms with E-state index >= 15 is 0 Å². The minimum atomic E-state index is -2.35. The van der Waals surface area contributed by atoms with Gasteiger partial charge in [-0.2, -0.15) is 4.98 Å². The zero-order chi connectivity index (χ0) is 26.6. The first-order valence-corrected chi connectivity index (χ1v) is 17.6. The summed E-state index contributed by atoms with van der Waals surface area (Å²) < 4.78 is 28.9. The monoisotopic (exact) mass is 537 g/mol. The van der Waals surface area contributed by atoms with E-state index in [4.69, 9.17) is 24.1 Å². The second-order valence-electron chi connectivity index (χ2n) is 11.6. The SMILES string of the molecule is CO[C@@H]1[C@@H]2O[Si](C(C)C)(C(C)C)C[Si](C(C)C)(C(C)C)OC[C@H]2O[C@H]1n1cnc2c(=O)[nH]c(N)nc21. The Morgan fingerprint density at radius 1 is 1.08 bits per heavy atom. The number of nitrogens with one attached hydrogen (secondary N) is 1. The number of nitrogens with two attached hydrogens (primary N) is 1. The fourth-order valence-electron chi connectivity index (χ4n) is 6.36. The molecule has 202 valence electrons. The van der Waals surface area contributed by atoms with E-state index in [-0.39, 0.29) is 29.2 Å². The third kappa shape index (κ3) is 4.29. The van der Waals surface area contributed by atoms with Crippen LogP contribution in [-0.2, 0) is 18.3 Å². The fraction of sp³-hybridized carbons (Fsp3) is 0.792. The van der Waals surface area contributed by atoms with Gasteiger partial charge in [-0.3, -0.25) is 14.3 Å². The Balaban J connectivity index is 1.82. The van der Waals surface area contributed by atoms with Crippen molar-refractivity contribution < 1.29 is 18.3 Å². The molecule has 36 heavy (non-hydrogen) atoms. The number of fused-ring (bicyclic) bond motifs is 2. The van der Waals surface area contributed by atoms with Crippen molar-refractivity contribution in [2.75, 3.05) is 19.5 Å². The van der Waals surface area contributed by atoms with Crippen molar-refractivity contribution in [3.05, 3.63) is 16.7 Å². The molecule has 0 radical (unpaired) electrons. The largest absolute Gasteiger partial charge is 0.414 e. The highest BCUT2D eigenvalue weighted by molar-refractivity contribution is 6.94. The molecule has 0 aromatic carbocycles. The molecule has 0 aliphatic carbocycles. The number of aromatic nitrogens is 4. The van der Waals surface area contributed by atoms with Gasteiger partial charge in [0.15, 0.2) is 34.0 Å². The number of nitrogen functional groups attached to an aromatic ring is 1. The van der Waals surface area contributed by atoms with Gasteiger partial charge in [0, 0.05) is 7.11 Å². The van der Waals surface area contributed by atoms with Crippen molar-refractivity contribution in [2.24, 2.45) is 0 Å². The normalized spacial score (nSPS) is 28.2. The minimum Gasteiger partial charge on any atom is -0.414 e. The Hall–Kier alpha value is -1.58. The second-order valence-corrected chi connectivity index (χ2v) is 22.0. The summed E-state index contributed by atoms with van der Waals surface area (Å²) in [4.78, 5) is 23.5. The molecule has 4 heterocycles. The van der Waals surface area contributed by atoms with Gasteiger partial charge in [-0.05, 0) is 27.8 Å². The molecule has 10 nitrogen and oxygen atoms in total. The molecule has 4 atom stereocenters. The summed E-state index contributed by atoms with van der Waals surface area (Å²) in [6.07, 6.45) is -0.0502. The van der Waals surface area contributed by atoms with E-state index in [0.717, 1.165) is 5.67 Å². The quantitative estimate of drug-likeness (QED) is 0.528. The Labute approximate surface area is 215 Å². The van der Waals surface area contributed by atoms with Crippen LogP contribution in [-0.4, -0.2) is 68.2 Å². The van der Waals surface area contributed by atoms with E-state index in [0.29, 0.717) is 34.4 Å². The van der Waals surface area contributed by atoms with E-state index in [9.17, 15) is 4.79 Å². The molecule has 2 fully saturated rings. The van der Waals surface area contributed by atoms with Crippen LogP contribution >= 0.6 is 0 Å². The van der Waals surface area contributed by atoms with Crippen molar-refractivity contribution in [2.45, 2.75) is 108 Å². The summed E-state index contributed by atoms with van der Waals surface area (Å²) in [5.41, 5.74) is 8.79. The molecule has 2 aliphatic heterocycles. The fourth-order valence-corrected chi connectivity index (χ4v) is 22.2. The molecule has 0 unspecified atom stereocenters. The lowest BCUT2D eigenvalue weighted by atomic mass is 10.1. The molecule has 4 rings (SSSR count). The highest BCUT2D eigenvalue weighted by Crippen LogP contribution is 2.51. The zero-order valence-electron chi connectivity index (χ0n) is 23.1. The number of H-pyrrole nitrogens is 1. The Morgan fingerprint density at radius 3 is 2.25 bits per heavy atom. The number of anilines is 1. The Bertz CT molecular complexity index is 1120. The lowest BCUT2D eigenvalue weighted by molar-refractivity contribution is -0.0571. The number of nitrogens with zero attached hydrogens (tertiary/aromatic N) is 3. The molecule has 2 aliphatic rings. The molecule has 12 heteroatoms. The summed E-state index contributed by atoms with van der Waals surface area (Å²) >= 11 is 0. The molecule has 2 aromatic rings. The van der Waals surface area contributed by atoms with Crippen molar-refractivity contribution in [1.82, 2.24) is 19.5 Å². The molecule has 2 aromatic heterocycles. The predicted molar refractivity (Wildman–Crippen MR) is 145 cm³/mol. The third-order valence-corrected chi connectivity index (χ3v) is 22.3. The van der Waals surface area contributed by atoms with Gasteiger partial charge in [-0.15, -0.1) is 0 Å². The maximum Gasteiger partial charge on any atom is 0.280 e. The van der Waals surface area contributed by atoms with E-state index in [1.807, 2.05) is 0 Å². The van der Waals surface area contributed by atoms with Gasteiger partial charge in [0.1, 0.15) is 18.3 Å². The van der Waals surface area contributed by atoms with Gasteiger partial charge in [0.25, 0.3) is 5.56 Å². The summed E-state index contributed by atoms with van der Waals surface area (Å²) in [6.45, 7) is 18.9. The molecule has 2 saturated heterocycles. The molecule has 0 saturated carbocycles. The summed E-state index contributed by atoms with van der Waals surface area (Å²) in [5.74, 6) is 0.0301. The van der Waals surface area contributed by atoms with E-state index in [1.165, 1.54) is 0 Å². The first-order chi connectivity index (χ1) is 16.9. The van der Waals surface area contributed by atoms with Crippen LogP contribution < -0.4 is 11.3 Å². The number of hydrogen-bond acceptors (Lipinski definition) is 8. The van der Waals surface area contributed by atoms with E-state index in [1.54, 1.807) is 18.0 Å². The first-order valence-electron chi connectivity index (χ1n) is 13.1. The summed E-state index contributed by atoms with van der Waals surface area (Å²) in [5, 5.41) is 0. The van der Waals surface area contributed by atoms with Gasteiger partial charge in [0.05, 0.1) is 12.9 Å². The number of hydrogen-bond donors (Lipinski definition) is 2. The number of rotatable bonds is 6. The number of ether oxygens (including phenoxy) is 2. The highest BCUT2D eigenvalue weighted by atomic mass is 28.4. The maximum absolute atomic E-state index is 12.4. The van der Waals surface area contributed by atoms with Crippen molar-refractivity contribution >= 4 is 33.7 Å². The standard InChI is InChI=1S/C24H43N5O5Si2/c1-13(2)35(14(3)4)12-36(15(5)6,16(7)8)34-19-17(10-32-35)33-23(20(19)31-9)29-11-26-18-21(29)27-24(25)28-22(18)30/h11,13-17,19-20,23H,10,12H2,1-9H3,(H3,25,27,28,30)/t17-,19-,20-,23-/m1/s1. The van der Waals surface area contributed by atoms with E-state index in [2.05, 4.69) is 70.3 Å². The molecule has 0 bridgehead atoms. The number of aromatic amines is 1. The van der Waals surface area contributed by atoms with Gasteiger partial charge < -0.3 is 24.1 Å². The van der Waals surface area contributed by atoms with Crippen LogP contribution in [0.1, 0.15) is 61.6 Å². The van der Waals surface area contributed by atoms with Gasteiger partial charge in [0.2, 0.25) is 5.95 Å². The maximum atomic E-state index is 12.4. The number of imidazole rings is 1. The average Bonchev–Trinajstić information content (AvgIpc) is 3.33. The topological polar surface area (TPSA) is 127 Å². The zero-order valence-corrected chi connectivity index (χ0v) is 25.1. The van der Waals surface area contributed by atoms with Crippen LogP contribution in [0.25, 0.3) is 11.2 Å². The molecule has 0 amide bonds. The van der Waals surface area contributed by atoms with Crippen LogP contribution in [0, 0.1) is 0 Å². The highest BCUT2D eigenvalue weighted by Gasteiger charge is 2.60. The lowest BCUT2D eigenvalue weighted by Crippen LogP contribution is -2.63. The van der Waals surface area contributed by atoms with Crippen LogP contribution in [0.2, 0.25) is 27.8 Å². The van der Waals surface area contributed by atoms with Gasteiger partial charge >= 0.3 is 0 Å². The predicted octanol–water partition coefficient (Wildman–Crippen LogP) is 4.10. The van der Waals surface area contributed by atoms with Crippen LogP contribution in [0.5, 0.6) is 0 Å². The molecular weight excluding hydrogens is 494 g/mol. The molecular formula is C24H43N5O5Si2. The van der Waals surface area contributed by atoms with Crippen molar-refractivity contribution in [3.8, 4) is 0 Å². The second kappa shape index (κ2) is 9.95. The number of methoxy groups -OCH3 is 1. The van der Waals surface area contributed by atoms with Crippen LogP contribution in [0.15, 0.2) is 11.1 Å². The van der Waals surface area contributed by atoms with Crippen LogP contribution in [0.3, 0.4) is 0 Å². The first kappa shape index (κ1) is 27.5. The molecule has 0 spiro atoms. The van der Waals surface area contributed by atoms with E-state index < -0.39 is 29.0 Å². The Kier molecular flexibility index (Phi) is 7.59. The van der Waals surface area contributed by atoms with Gasteiger partial charge in [-0.1, -0.05) is 55.4 Å². The third-order valence-electron chi connectivity index (χ3n) is 8.62. The lowest BCUT2D eigenvalue weighted by Gasteiger charge is -2.51. The molecule has 3 N–H and O–H groups in total. The smallest absolute Gasteiger partial charge is 0.280 e. The van der Waals surface area contributed by atoms with Crippen molar-refractivity contribution in [1.29, 1.82) is 0 Å². The summed E-state index contributed by atoms with van der Waals surface area (Å²) in [6, 6.07) is 0. The van der Waals surface area contributed by atoms with Crippen molar-refractivity contribution in [3.63, 3.8) is 0 Å². The summed E-state index contributed by atoms with van der Waals surface area (Å²) in [7, 11) is -2.87. The van der Waals surface area contributed by atoms with Gasteiger partial charge in [-0.25, -0.2) is 4.98 Å². The Morgan fingerprint density at radius 2 is 1.69 bits per heavy atom.